The van der Waals surface area contributed by atoms with Gasteiger partial charge in [-0.05, 0) is 41.2 Å². The SMILES string of the molecule is CNC(=O)Nc1cccc(NC(=O)CCc2ccc(C(C)(C)C)cc2)c1. The van der Waals surface area contributed by atoms with Crippen molar-refractivity contribution in [1.29, 1.82) is 0 Å². The van der Waals surface area contributed by atoms with Gasteiger partial charge in [0.05, 0.1) is 0 Å². The Hall–Kier alpha value is -2.82. The second-order valence-corrected chi connectivity index (χ2v) is 7.28. The fraction of sp³-hybridized carbons (Fsp3) is 0.333. The van der Waals surface area contributed by atoms with Crippen LogP contribution in [-0.2, 0) is 16.6 Å². The topological polar surface area (TPSA) is 70.2 Å². The van der Waals surface area contributed by atoms with Crippen LogP contribution in [0.3, 0.4) is 0 Å². The molecule has 3 N–H and O–H groups in total. The van der Waals surface area contributed by atoms with E-state index in [2.05, 4.69) is 61.0 Å². The van der Waals surface area contributed by atoms with Gasteiger partial charge in [-0.15, -0.1) is 0 Å². The molecule has 0 atom stereocenters. The molecule has 0 aliphatic heterocycles. The van der Waals surface area contributed by atoms with E-state index in [1.807, 2.05) is 0 Å². The van der Waals surface area contributed by atoms with Crippen LogP contribution in [-0.4, -0.2) is 19.0 Å². The molecule has 0 unspecified atom stereocenters. The van der Waals surface area contributed by atoms with E-state index in [0.29, 0.717) is 24.2 Å². The molecule has 0 bridgehead atoms. The summed E-state index contributed by atoms with van der Waals surface area (Å²) in [4.78, 5) is 23.5. The minimum atomic E-state index is -0.299. The molecular formula is C21H27N3O2. The van der Waals surface area contributed by atoms with E-state index in [9.17, 15) is 9.59 Å². The van der Waals surface area contributed by atoms with Crippen LogP contribution >= 0.6 is 0 Å². The first kappa shape index (κ1) is 19.5. The highest BCUT2D eigenvalue weighted by atomic mass is 16.2. The zero-order valence-electron chi connectivity index (χ0n) is 15.8. The van der Waals surface area contributed by atoms with Crippen molar-refractivity contribution >= 4 is 23.3 Å². The summed E-state index contributed by atoms with van der Waals surface area (Å²) >= 11 is 0. The number of hydrogen-bond acceptors (Lipinski definition) is 2. The van der Waals surface area contributed by atoms with Gasteiger partial charge in [-0.3, -0.25) is 4.79 Å². The molecule has 0 radical (unpaired) electrons. The van der Waals surface area contributed by atoms with Crippen molar-refractivity contribution in [3.8, 4) is 0 Å². The summed E-state index contributed by atoms with van der Waals surface area (Å²) < 4.78 is 0. The number of hydrogen-bond donors (Lipinski definition) is 3. The van der Waals surface area contributed by atoms with Crippen molar-refractivity contribution in [1.82, 2.24) is 5.32 Å². The van der Waals surface area contributed by atoms with Crippen LogP contribution in [0.4, 0.5) is 16.2 Å². The van der Waals surface area contributed by atoms with Crippen LogP contribution in [0.5, 0.6) is 0 Å². The van der Waals surface area contributed by atoms with E-state index in [-0.39, 0.29) is 17.4 Å². The Morgan fingerprint density at radius 2 is 1.54 bits per heavy atom. The van der Waals surface area contributed by atoms with Gasteiger partial charge in [-0.2, -0.15) is 0 Å². The van der Waals surface area contributed by atoms with Crippen LogP contribution in [0.25, 0.3) is 0 Å². The molecule has 2 rings (SSSR count). The number of carbonyl (C=O) groups is 2. The monoisotopic (exact) mass is 353 g/mol. The first-order valence-electron chi connectivity index (χ1n) is 8.76. The van der Waals surface area contributed by atoms with E-state index >= 15 is 0 Å². The van der Waals surface area contributed by atoms with E-state index < -0.39 is 0 Å². The van der Waals surface area contributed by atoms with Crippen LogP contribution in [0.1, 0.15) is 38.3 Å². The normalized spacial score (nSPS) is 10.9. The number of anilines is 2. The van der Waals surface area contributed by atoms with Gasteiger partial charge in [-0.25, -0.2) is 4.79 Å². The average molecular weight is 353 g/mol. The predicted octanol–water partition coefficient (Wildman–Crippen LogP) is 4.31. The van der Waals surface area contributed by atoms with Crippen molar-refractivity contribution < 1.29 is 9.59 Å². The third kappa shape index (κ3) is 5.92. The molecule has 0 aliphatic carbocycles. The summed E-state index contributed by atoms with van der Waals surface area (Å²) in [6, 6.07) is 15.2. The maximum atomic E-state index is 12.2. The summed E-state index contributed by atoms with van der Waals surface area (Å²) in [5, 5.41) is 8.04. The van der Waals surface area contributed by atoms with Crippen molar-refractivity contribution in [3.05, 3.63) is 59.7 Å². The second kappa shape index (κ2) is 8.52. The molecule has 5 heteroatoms. The highest BCUT2D eigenvalue weighted by Crippen LogP contribution is 2.22. The Balaban J connectivity index is 1.89. The molecule has 0 aliphatic rings. The van der Waals surface area contributed by atoms with Gasteiger partial charge < -0.3 is 16.0 Å². The van der Waals surface area contributed by atoms with Crippen LogP contribution in [0, 0.1) is 0 Å². The van der Waals surface area contributed by atoms with Crippen molar-refractivity contribution in [2.45, 2.75) is 39.0 Å². The van der Waals surface area contributed by atoms with Crippen molar-refractivity contribution in [2.75, 3.05) is 17.7 Å². The first-order valence-corrected chi connectivity index (χ1v) is 8.76. The Morgan fingerprint density at radius 1 is 0.923 bits per heavy atom. The quantitative estimate of drug-likeness (QED) is 0.750. The number of carbonyl (C=O) groups excluding carboxylic acids is 2. The van der Waals surface area contributed by atoms with Crippen molar-refractivity contribution in [3.63, 3.8) is 0 Å². The maximum absolute atomic E-state index is 12.2. The summed E-state index contributed by atoms with van der Waals surface area (Å²) in [6.45, 7) is 6.55. The van der Waals surface area contributed by atoms with Gasteiger partial charge >= 0.3 is 6.03 Å². The van der Waals surface area contributed by atoms with Crippen LogP contribution < -0.4 is 16.0 Å². The molecule has 5 nitrogen and oxygen atoms in total. The summed E-state index contributed by atoms with van der Waals surface area (Å²) in [6.07, 6.45) is 1.09. The molecule has 0 fully saturated rings. The molecule has 26 heavy (non-hydrogen) atoms. The number of benzene rings is 2. The van der Waals surface area contributed by atoms with Gasteiger partial charge in [-0.1, -0.05) is 51.1 Å². The largest absolute Gasteiger partial charge is 0.341 e. The molecule has 0 heterocycles. The lowest BCUT2D eigenvalue weighted by Gasteiger charge is -2.19. The Morgan fingerprint density at radius 3 is 2.12 bits per heavy atom. The highest BCUT2D eigenvalue weighted by Gasteiger charge is 2.13. The van der Waals surface area contributed by atoms with Gasteiger partial charge in [0.1, 0.15) is 0 Å². The zero-order valence-corrected chi connectivity index (χ0v) is 15.8. The number of nitrogens with one attached hydrogen (secondary N) is 3. The minimum Gasteiger partial charge on any atom is -0.341 e. The Labute approximate surface area is 155 Å². The van der Waals surface area contributed by atoms with E-state index in [1.54, 1.807) is 31.3 Å². The fourth-order valence-electron chi connectivity index (χ4n) is 2.52. The average Bonchev–Trinajstić information content (AvgIpc) is 2.60. The summed E-state index contributed by atoms with van der Waals surface area (Å²) in [7, 11) is 1.55. The lowest BCUT2D eigenvalue weighted by Crippen LogP contribution is -2.24. The van der Waals surface area contributed by atoms with Crippen LogP contribution in [0.15, 0.2) is 48.5 Å². The summed E-state index contributed by atoms with van der Waals surface area (Å²) in [5.41, 5.74) is 3.84. The van der Waals surface area contributed by atoms with Gasteiger partial charge in [0.15, 0.2) is 0 Å². The first-order chi connectivity index (χ1) is 12.3. The third-order valence-corrected chi connectivity index (χ3v) is 4.09. The van der Waals surface area contributed by atoms with Crippen molar-refractivity contribution in [2.24, 2.45) is 0 Å². The minimum absolute atomic E-state index is 0.0537. The highest BCUT2D eigenvalue weighted by molar-refractivity contribution is 5.93. The maximum Gasteiger partial charge on any atom is 0.318 e. The lowest BCUT2D eigenvalue weighted by atomic mass is 9.86. The molecule has 0 saturated heterocycles. The molecule has 0 saturated carbocycles. The zero-order chi connectivity index (χ0) is 19.2. The molecule has 3 amide bonds. The van der Waals surface area contributed by atoms with E-state index in [0.717, 1.165) is 5.56 Å². The molecule has 0 spiro atoms. The van der Waals surface area contributed by atoms with E-state index in [4.69, 9.17) is 0 Å². The van der Waals surface area contributed by atoms with Crippen LogP contribution in [0.2, 0.25) is 0 Å². The molecular weight excluding hydrogens is 326 g/mol. The number of urea groups is 1. The lowest BCUT2D eigenvalue weighted by molar-refractivity contribution is -0.116. The van der Waals surface area contributed by atoms with Gasteiger partial charge in [0.2, 0.25) is 5.91 Å². The second-order valence-electron chi connectivity index (χ2n) is 7.28. The molecule has 138 valence electrons. The standard InChI is InChI=1S/C21H27N3O2/c1-21(2,3)16-11-8-15(9-12-16)10-13-19(25)23-17-6-5-7-18(14-17)24-20(26)22-4/h5-9,11-12,14H,10,13H2,1-4H3,(H,23,25)(H2,22,24,26). The predicted molar refractivity (Wildman–Crippen MR) is 107 cm³/mol. The fourth-order valence-corrected chi connectivity index (χ4v) is 2.52. The van der Waals surface area contributed by atoms with Gasteiger partial charge in [0, 0.05) is 24.8 Å². The third-order valence-electron chi connectivity index (χ3n) is 4.09. The smallest absolute Gasteiger partial charge is 0.318 e. The van der Waals surface area contributed by atoms with Gasteiger partial charge in [0.25, 0.3) is 0 Å². The molecule has 0 aromatic heterocycles. The molecule has 2 aromatic rings. The Bertz CT molecular complexity index is 762. The summed E-state index contributed by atoms with van der Waals surface area (Å²) in [5.74, 6) is -0.0537. The number of amides is 3. The molecule has 2 aromatic carbocycles. The van der Waals surface area contributed by atoms with E-state index in [1.165, 1.54) is 5.56 Å². The number of aryl methyl sites for hydroxylation is 1. The Kier molecular flexibility index (Phi) is 6.39. The number of rotatable bonds is 5.